The summed E-state index contributed by atoms with van der Waals surface area (Å²) in [7, 11) is 0. The standard InChI is InChI=1S/C11H18BrN5/c1-8(2)16-3-5-17(6-4-16)11-14-9(12)7-10(13)15-11/h7-8H,3-6H2,1-2H3,(H2,13,14,15). The van der Waals surface area contributed by atoms with E-state index in [2.05, 4.69) is 49.5 Å². The predicted molar refractivity (Wildman–Crippen MR) is 73.1 cm³/mol. The van der Waals surface area contributed by atoms with Crippen LogP contribution in [0.25, 0.3) is 0 Å². The molecule has 2 rings (SSSR count). The van der Waals surface area contributed by atoms with Crippen molar-refractivity contribution in [2.75, 3.05) is 36.8 Å². The van der Waals surface area contributed by atoms with E-state index in [-0.39, 0.29) is 0 Å². The summed E-state index contributed by atoms with van der Waals surface area (Å²) >= 11 is 3.35. The molecule has 5 nitrogen and oxygen atoms in total. The van der Waals surface area contributed by atoms with E-state index in [4.69, 9.17) is 5.73 Å². The van der Waals surface area contributed by atoms with E-state index in [9.17, 15) is 0 Å². The molecule has 17 heavy (non-hydrogen) atoms. The molecule has 0 unspecified atom stereocenters. The molecule has 0 amide bonds. The zero-order valence-electron chi connectivity index (χ0n) is 10.2. The van der Waals surface area contributed by atoms with Crippen molar-refractivity contribution in [1.82, 2.24) is 14.9 Å². The third kappa shape index (κ3) is 3.07. The molecule has 94 valence electrons. The van der Waals surface area contributed by atoms with Gasteiger partial charge in [-0.25, -0.2) is 4.98 Å². The molecule has 0 bridgehead atoms. The number of rotatable bonds is 2. The van der Waals surface area contributed by atoms with Gasteiger partial charge in [-0.2, -0.15) is 4.98 Å². The summed E-state index contributed by atoms with van der Waals surface area (Å²) in [6, 6.07) is 2.32. The lowest BCUT2D eigenvalue weighted by Gasteiger charge is -2.36. The second-order valence-electron chi connectivity index (χ2n) is 4.53. The predicted octanol–water partition coefficient (Wildman–Crippen LogP) is 1.35. The first-order valence-electron chi connectivity index (χ1n) is 5.85. The molecule has 0 atom stereocenters. The Balaban J connectivity index is 2.05. The topological polar surface area (TPSA) is 58.3 Å². The van der Waals surface area contributed by atoms with Crippen LogP contribution in [0, 0.1) is 0 Å². The van der Waals surface area contributed by atoms with Gasteiger partial charge in [0, 0.05) is 38.3 Å². The van der Waals surface area contributed by atoms with Crippen molar-refractivity contribution >= 4 is 27.7 Å². The maximum atomic E-state index is 5.72. The third-order valence-electron chi connectivity index (χ3n) is 3.03. The minimum atomic E-state index is 0.508. The lowest BCUT2D eigenvalue weighted by molar-refractivity contribution is 0.208. The van der Waals surface area contributed by atoms with Crippen LogP contribution < -0.4 is 10.6 Å². The third-order valence-corrected chi connectivity index (χ3v) is 3.44. The molecule has 1 aliphatic heterocycles. The number of nitrogens with two attached hydrogens (primary N) is 1. The maximum Gasteiger partial charge on any atom is 0.228 e. The van der Waals surface area contributed by atoms with Gasteiger partial charge in [-0.15, -0.1) is 0 Å². The Morgan fingerprint density at radius 3 is 2.41 bits per heavy atom. The highest BCUT2D eigenvalue weighted by molar-refractivity contribution is 9.10. The second kappa shape index (κ2) is 5.18. The van der Waals surface area contributed by atoms with Gasteiger partial charge >= 0.3 is 0 Å². The first-order chi connectivity index (χ1) is 8.06. The lowest BCUT2D eigenvalue weighted by Crippen LogP contribution is -2.49. The fraction of sp³-hybridized carbons (Fsp3) is 0.636. The summed E-state index contributed by atoms with van der Waals surface area (Å²) in [6.45, 7) is 8.45. The summed E-state index contributed by atoms with van der Waals surface area (Å²) in [6.07, 6.45) is 0. The Morgan fingerprint density at radius 1 is 1.24 bits per heavy atom. The van der Waals surface area contributed by atoms with Crippen molar-refractivity contribution in [3.8, 4) is 0 Å². The molecule has 1 fully saturated rings. The van der Waals surface area contributed by atoms with Crippen LogP contribution in [0.2, 0.25) is 0 Å². The molecule has 1 aromatic rings. The Bertz CT molecular complexity index is 367. The van der Waals surface area contributed by atoms with Crippen LogP contribution in [0.5, 0.6) is 0 Å². The van der Waals surface area contributed by atoms with Gasteiger partial charge < -0.3 is 10.6 Å². The number of piperazine rings is 1. The van der Waals surface area contributed by atoms with Gasteiger partial charge in [0.05, 0.1) is 0 Å². The largest absolute Gasteiger partial charge is 0.383 e. The Morgan fingerprint density at radius 2 is 1.88 bits per heavy atom. The van der Waals surface area contributed by atoms with E-state index < -0.39 is 0 Å². The summed E-state index contributed by atoms with van der Waals surface area (Å²) in [4.78, 5) is 13.3. The minimum absolute atomic E-state index is 0.508. The fourth-order valence-electron chi connectivity index (χ4n) is 2.00. The average Bonchev–Trinajstić information content (AvgIpc) is 2.28. The van der Waals surface area contributed by atoms with E-state index in [1.165, 1.54) is 0 Å². The molecule has 0 aromatic carbocycles. The molecule has 2 heterocycles. The van der Waals surface area contributed by atoms with Crippen molar-refractivity contribution in [2.24, 2.45) is 0 Å². The van der Waals surface area contributed by atoms with Crippen molar-refractivity contribution in [3.63, 3.8) is 0 Å². The zero-order valence-corrected chi connectivity index (χ0v) is 11.8. The van der Waals surface area contributed by atoms with Crippen molar-refractivity contribution in [3.05, 3.63) is 10.7 Å². The van der Waals surface area contributed by atoms with Crippen LogP contribution in [0.4, 0.5) is 11.8 Å². The van der Waals surface area contributed by atoms with Gasteiger partial charge in [-0.1, -0.05) is 0 Å². The molecule has 6 heteroatoms. The molecule has 0 spiro atoms. The van der Waals surface area contributed by atoms with Gasteiger partial charge in [0.25, 0.3) is 0 Å². The number of hydrogen-bond acceptors (Lipinski definition) is 5. The van der Waals surface area contributed by atoms with Gasteiger partial charge in [0.15, 0.2) is 0 Å². The zero-order chi connectivity index (χ0) is 12.4. The van der Waals surface area contributed by atoms with Crippen molar-refractivity contribution < 1.29 is 0 Å². The Hall–Kier alpha value is -0.880. The van der Waals surface area contributed by atoms with Crippen LogP contribution in [-0.2, 0) is 0 Å². The first kappa shape index (κ1) is 12.6. The Labute approximate surface area is 110 Å². The summed E-state index contributed by atoms with van der Waals surface area (Å²) in [5.74, 6) is 1.23. The molecule has 0 saturated carbocycles. The lowest BCUT2D eigenvalue weighted by atomic mass is 10.2. The maximum absolute atomic E-state index is 5.72. The highest BCUT2D eigenvalue weighted by Crippen LogP contribution is 2.17. The SMILES string of the molecule is CC(C)N1CCN(c2nc(N)cc(Br)n2)CC1. The summed E-state index contributed by atoms with van der Waals surface area (Å²) in [5, 5.41) is 0. The van der Waals surface area contributed by atoms with Gasteiger partial charge in [-0.3, -0.25) is 4.90 Å². The normalized spacial score (nSPS) is 17.8. The monoisotopic (exact) mass is 299 g/mol. The quantitative estimate of drug-likeness (QED) is 0.836. The molecule has 2 N–H and O–H groups in total. The van der Waals surface area contributed by atoms with Crippen LogP contribution >= 0.6 is 15.9 Å². The Kier molecular flexibility index (Phi) is 3.83. The number of halogens is 1. The second-order valence-corrected chi connectivity index (χ2v) is 5.34. The van der Waals surface area contributed by atoms with Gasteiger partial charge in [-0.05, 0) is 29.8 Å². The molecule has 1 aliphatic rings. The van der Waals surface area contributed by atoms with Crippen LogP contribution in [0.3, 0.4) is 0 Å². The van der Waals surface area contributed by atoms with Crippen LogP contribution in [0.15, 0.2) is 10.7 Å². The molecular formula is C11H18BrN5. The number of anilines is 2. The van der Waals surface area contributed by atoms with E-state index >= 15 is 0 Å². The van der Waals surface area contributed by atoms with E-state index in [0.717, 1.165) is 36.7 Å². The van der Waals surface area contributed by atoms with Crippen LogP contribution in [-0.4, -0.2) is 47.1 Å². The van der Waals surface area contributed by atoms with Gasteiger partial charge in [0.1, 0.15) is 10.4 Å². The van der Waals surface area contributed by atoms with Gasteiger partial charge in [0.2, 0.25) is 5.95 Å². The molecular weight excluding hydrogens is 282 g/mol. The minimum Gasteiger partial charge on any atom is -0.383 e. The number of nitrogens with zero attached hydrogens (tertiary/aromatic N) is 4. The highest BCUT2D eigenvalue weighted by atomic mass is 79.9. The van der Waals surface area contributed by atoms with Crippen LogP contribution in [0.1, 0.15) is 13.8 Å². The van der Waals surface area contributed by atoms with Crippen molar-refractivity contribution in [1.29, 1.82) is 0 Å². The highest BCUT2D eigenvalue weighted by Gasteiger charge is 2.20. The number of aromatic nitrogens is 2. The first-order valence-corrected chi connectivity index (χ1v) is 6.64. The van der Waals surface area contributed by atoms with E-state index in [1.807, 2.05) is 0 Å². The molecule has 0 radical (unpaired) electrons. The number of nitrogen functional groups attached to an aromatic ring is 1. The summed E-state index contributed by atoms with van der Waals surface area (Å²) < 4.78 is 0.742. The molecule has 1 saturated heterocycles. The fourth-order valence-corrected chi connectivity index (χ4v) is 2.40. The number of hydrogen-bond donors (Lipinski definition) is 1. The average molecular weight is 300 g/mol. The molecule has 1 aromatic heterocycles. The van der Waals surface area contributed by atoms with E-state index in [0.29, 0.717) is 11.9 Å². The smallest absolute Gasteiger partial charge is 0.228 e. The summed E-state index contributed by atoms with van der Waals surface area (Å²) in [5.41, 5.74) is 5.72. The van der Waals surface area contributed by atoms with E-state index in [1.54, 1.807) is 6.07 Å². The molecule has 0 aliphatic carbocycles. The van der Waals surface area contributed by atoms with Crippen molar-refractivity contribution in [2.45, 2.75) is 19.9 Å².